The Morgan fingerprint density at radius 1 is 1.00 bits per heavy atom. The Labute approximate surface area is 56.8 Å². The van der Waals surface area contributed by atoms with Crippen molar-refractivity contribution in [2.24, 2.45) is 0 Å². The summed E-state index contributed by atoms with van der Waals surface area (Å²) >= 11 is 0. The van der Waals surface area contributed by atoms with E-state index >= 15 is 0 Å². The number of quaternary nitrogens is 1. The van der Waals surface area contributed by atoms with Crippen LogP contribution in [0.2, 0.25) is 0 Å². The van der Waals surface area contributed by atoms with Gasteiger partial charge in [-0.3, -0.25) is 0 Å². The topological polar surface area (TPSA) is 117 Å². The summed E-state index contributed by atoms with van der Waals surface area (Å²) in [5.41, 5.74) is 0. The second kappa shape index (κ2) is 93.6. The zero-order valence-corrected chi connectivity index (χ0v) is 5.03. The minimum Gasteiger partial charge on any atom is -0.554 e. The molecule has 5 nitrogen and oxygen atoms in total. The van der Waals surface area contributed by atoms with Crippen molar-refractivity contribution in [3.8, 4) is 0 Å². The van der Waals surface area contributed by atoms with Gasteiger partial charge < -0.3 is 26.0 Å². The van der Waals surface area contributed by atoms with Gasteiger partial charge in [0, 0.05) is 12.9 Å². The molecule has 0 amide bonds. The zero-order chi connectivity index (χ0) is 5.41. The molecule has 0 rings (SSSR count). The van der Waals surface area contributed by atoms with Crippen molar-refractivity contribution in [3.05, 3.63) is 0 Å². The average Bonchev–Trinajstić information content (AvgIpc) is 1.39. The number of rotatable bonds is 0. The largest absolute Gasteiger partial charge is 1.00 e. The fourth-order valence-electron chi connectivity index (χ4n) is 0. The van der Waals surface area contributed by atoms with Gasteiger partial charge in [-0.25, -0.2) is 0 Å². The van der Waals surface area contributed by atoms with Gasteiger partial charge in [0.25, 0.3) is 0 Å². The van der Waals surface area contributed by atoms with Crippen LogP contribution in [0.15, 0.2) is 0 Å². The molecule has 0 bridgehead atoms. The Kier molecular flexibility index (Phi) is 306. The molecule has 0 aromatic rings. The van der Waals surface area contributed by atoms with Crippen LogP contribution in [0.1, 0.15) is 0 Å². The van der Waals surface area contributed by atoms with E-state index in [0.29, 0.717) is 0 Å². The van der Waals surface area contributed by atoms with Gasteiger partial charge >= 0.3 is 17.1 Å². The van der Waals surface area contributed by atoms with E-state index in [1.165, 1.54) is 0 Å². The van der Waals surface area contributed by atoms with Gasteiger partial charge in [-0.05, 0) is 0 Å². The summed E-state index contributed by atoms with van der Waals surface area (Å²) in [5, 5.41) is 16.5. The minimum absolute atomic E-state index is 0. The van der Waals surface area contributed by atoms with Crippen LogP contribution in [0, 0.1) is 0 Å². The first-order valence-electron chi connectivity index (χ1n) is 0.943. The first kappa shape index (κ1) is 26.1. The molecule has 0 spiro atoms. The van der Waals surface area contributed by atoms with Gasteiger partial charge in [-0.15, -0.1) is 0 Å². The summed E-state index contributed by atoms with van der Waals surface area (Å²) in [6, 6.07) is 0. The predicted molar refractivity (Wildman–Crippen MR) is 18.1 cm³/mol. The molecule has 0 unspecified atom stereocenters. The van der Waals surface area contributed by atoms with E-state index in [0.717, 1.165) is 0 Å². The van der Waals surface area contributed by atoms with Crippen LogP contribution in [0.3, 0.4) is 0 Å². The molecule has 0 heterocycles. The molecule has 0 aliphatic rings. The number of carbonyl (C=O) groups is 2. The summed E-state index contributed by atoms with van der Waals surface area (Å²) in [5.74, 6) is 0. The molecule has 0 saturated heterocycles. The maximum absolute atomic E-state index is 8.25. The molecule has 0 radical (unpaired) electrons. The predicted octanol–water partition coefficient (Wildman–Crippen LogP) is -2.89. The number of carboxylic acid groups (broad SMARTS) is 2. The Bertz CT molecular complexity index is 35.0. The molecule has 0 aliphatic heterocycles. The van der Waals surface area contributed by atoms with E-state index in [2.05, 4.69) is 0 Å². The monoisotopic (exact) mass is 171 g/mol. The second-order valence-corrected chi connectivity index (χ2v) is 0.192. The van der Waals surface area contributed by atoms with E-state index in [9.17, 15) is 0 Å². The molecule has 6 heteroatoms. The fourth-order valence-corrected chi connectivity index (χ4v) is 0. The first-order chi connectivity index (χ1) is 2.83. The Balaban J connectivity index is -0.0000000160. The molecular weight excluding hydrogens is 166 g/mol. The van der Waals surface area contributed by atoms with Crippen LogP contribution in [0.4, 0.5) is 0 Å². The third-order valence-corrected chi connectivity index (χ3v) is 0. The standard InChI is InChI=1S/2CH2O2.Cu.H3N/c2*2-1-3;;/h2*1H,(H,2,3);;1H3/q;;+1;/p-1. The van der Waals surface area contributed by atoms with E-state index in [1.807, 2.05) is 0 Å². The molecular formula is C2H6CuNO4. The smallest absolute Gasteiger partial charge is 0.554 e. The van der Waals surface area contributed by atoms with Gasteiger partial charge in [-0.2, -0.15) is 0 Å². The average molecular weight is 172 g/mol. The van der Waals surface area contributed by atoms with Crippen LogP contribution < -0.4 is 16.4 Å². The number of hydrogen-bond acceptors (Lipinski definition) is 4. The SMILES string of the molecule is O=C[O-].O=C[O-].[Cu+].[NH4+]. The third kappa shape index (κ3) is 314. The summed E-state index contributed by atoms with van der Waals surface area (Å²) in [6.07, 6.45) is 0. The summed E-state index contributed by atoms with van der Waals surface area (Å²) < 4.78 is 0. The molecule has 0 aliphatic carbocycles. The van der Waals surface area contributed by atoms with Crippen molar-refractivity contribution in [1.82, 2.24) is 6.15 Å². The molecule has 54 valence electrons. The van der Waals surface area contributed by atoms with Crippen molar-refractivity contribution in [3.63, 3.8) is 0 Å². The van der Waals surface area contributed by atoms with Crippen LogP contribution >= 0.6 is 0 Å². The maximum atomic E-state index is 8.25. The van der Waals surface area contributed by atoms with Gasteiger partial charge in [0.1, 0.15) is 0 Å². The van der Waals surface area contributed by atoms with E-state index < -0.39 is 12.9 Å². The Morgan fingerprint density at radius 3 is 1.00 bits per heavy atom. The van der Waals surface area contributed by atoms with Crippen LogP contribution in [-0.2, 0) is 26.7 Å². The van der Waals surface area contributed by atoms with Crippen molar-refractivity contribution in [1.29, 1.82) is 0 Å². The third-order valence-electron chi connectivity index (χ3n) is 0. The second-order valence-electron chi connectivity index (χ2n) is 0.192. The fraction of sp³-hybridized carbons (Fsp3) is 0. The number of hydrogen-bond donors (Lipinski definition) is 1. The molecule has 0 aromatic heterocycles. The zero-order valence-electron chi connectivity index (χ0n) is 4.09. The van der Waals surface area contributed by atoms with Crippen LogP contribution in [-0.4, -0.2) is 12.9 Å². The van der Waals surface area contributed by atoms with Gasteiger partial charge in [0.05, 0.1) is 0 Å². The van der Waals surface area contributed by atoms with Crippen LogP contribution in [0.25, 0.3) is 0 Å². The molecule has 8 heavy (non-hydrogen) atoms. The summed E-state index contributed by atoms with van der Waals surface area (Å²) in [7, 11) is 0. The molecule has 0 fully saturated rings. The maximum Gasteiger partial charge on any atom is 1.00 e. The van der Waals surface area contributed by atoms with E-state index in [1.54, 1.807) is 0 Å². The number of carbonyl (C=O) groups excluding carboxylic acids is 2. The summed E-state index contributed by atoms with van der Waals surface area (Å²) in [6.45, 7) is -1.00. The molecule has 0 aromatic carbocycles. The van der Waals surface area contributed by atoms with Gasteiger partial charge in [0.2, 0.25) is 0 Å². The van der Waals surface area contributed by atoms with E-state index in [4.69, 9.17) is 19.8 Å². The molecule has 0 atom stereocenters. The van der Waals surface area contributed by atoms with Gasteiger partial charge in [0.15, 0.2) is 0 Å². The molecule has 4 N–H and O–H groups in total. The quantitative estimate of drug-likeness (QED) is 0.311. The van der Waals surface area contributed by atoms with Crippen molar-refractivity contribution < 1.29 is 36.9 Å². The van der Waals surface area contributed by atoms with Crippen LogP contribution in [0.5, 0.6) is 0 Å². The molecule has 0 saturated carbocycles. The normalized spacial score (nSPS) is 3.00. The minimum atomic E-state index is -0.500. The van der Waals surface area contributed by atoms with Crippen molar-refractivity contribution >= 4 is 12.9 Å². The summed E-state index contributed by atoms with van der Waals surface area (Å²) in [4.78, 5) is 16.5. The Morgan fingerprint density at radius 2 is 1.00 bits per heavy atom. The first-order valence-corrected chi connectivity index (χ1v) is 0.943. The van der Waals surface area contributed by atoms with Crippen molar-refractivity contribution in [2.75, 3.05) is 0 Å². The van der Waals surface area contributed by atoms with Gasteiger partial charge in [-0.1, -0.05) is 0 Å². The van der Waals surface area contributed by atoms with Crippen molar-refractivity contribution in [2.45, 2.75) is 0 Å². The van der Waals surface area contributed by atoms with E-state index in [-0.39, 0.29) is 23.2 Å². The Hall–Kier alpha value is -0.581.